The van der Waals surface area contributed by atoms with Crippen LogP contribution in [0.1, 0.15) is 31.4 Å². The third kappa shape index (κ3) is 4.65. The fourth-order valence-electron chi connectivity index (χ4n) is 2.79. The summed E-state index contributed by atoms with van der Waals surface area (Å²) in [6.07, 6.45) is 2.36. The van der Waals surface area contributed by atoms with Crippen molar-refractivity contribution in [2.75, 3.05) is 0 Å². The van der Waals surface area contributed by atoms with Crippen molar-refractivity contribution >= 4 is 34.7 Å². The number of para-hydroxylation sites is 1. The maximum atomic E-state index is 12.6. The molecule has 3 rings (SSSR count). The Balaban J connectivity index is 1.77. The van der Waals surface area contributed by atoms with Crippen molar-refractivity contribution in [3.8, 4) is 5.75 Å². The molecule has 0 aromatic heterocycles. The van der Waals surface area contributed by atoms with Crippen LogP contribution in [-0.2, 0) is 11.4 Å². The SMILES string of the molecule is CC[C@H](C)N1C(=O)S/C(=C/c2ccccc2OCc2ccc([N+](=O)[O-])cc2)C1=O. The molecule has 0 aliphatic carbocycles. The first kappa shape index (κ1) is 20.6. The number of nitro benzene ring substituents is 1. The van der Waals surface area contributed by atoms with Gasteiger partial charge < -0.3 is 4.74 Å². The summed E-state index contributed by atoms with van der Waals surface area (Å²) in [7, 11) is 0. The highest BCUT2D eigenvalue weighted by Gasteiger charge is 2.37. The molecule has 1 heterocycles. The number of amides is 2. The predicted molar refractivity (Wildman–Crippen MR) is 111 cm³/mol. The van der Waals surface area contributed by atoms with E-state index < -0.39 is 4.92 Å². The zero-order valence-electron chi connectivity index (χ0n) is 16.0. The van der Waals surface area contributed by atoms with Gasteiger partial charge in [-0.15, -0.1) is 0 Å². The van der Waals surface area contributed by atoms with Gasteiger partial charge in [-0.25, -0.2) is 0 Å². The molecule has 0 radical (unpaired) electrons. The van der Waals surface area contributed by atoms with Crippen LogP contribution in [0.4, 0.5) is 10.5 Å². The van der Waals surface area contributed by atoms with Crippen LogP contribution in [0.5, 0.6) is 5.75 Å². The first-order chi connectivity index (χ1) is 13.9. The maximum absolute atomic E-state index is 12.6. The first-order valence-electron chi connectivity index (χ1n) is 9.13. The Morgan fingerprint density at radius 1 is 1.17 bits per heavy atom. The van der Waals surface area contributed by atoms with E-state index in [0.29, 0.717) is 22.6 Å². The largest absolute Gasteiger partial charge is 0.488 e. The standard InChI is InChI=1S/C21H20N2O5S/c1-3-14(2)22-20(24)19(29-21(22)25)12-16-6-4-5-7-18(16)28-13-15-8-10-17(11-9-15)23(26)27/h4-12,14H,3,13H2,1-2H3/b19-12+/t14-/m0/s1. The average Bonchev–Trinajstić information content (AvgIpc) is 3.00. The number of hydrogen-bond acceptors (Lipinski definition) is 6. The molecule has 1 saturated heterocycles. The Kier molecular flexibility index (Phi) is 6.33. The number of thioether (sulfide) groups is 1. The van der Waals surface area contributed by atoms with Gasteiger partial charge in [-0.1, -0.05) is 25.1 Å². The molecule has 7 nitrogen and oxygen atoms in total. The van der Waals surface area contributed by atoms with Crippen LogP contribution in [0.25, 0.3) is 6.08 Å². The second-order valence-electron chi connectivity index (χ2n) is 6.56. The molecule has 1 fully saturated rings. The highest BCUT2D eigenvalue weighted by molar-refractivity contribution is 8.18. The molecule has 1 aliphatic heterocycles. The number of benzene rings is 2. The van der Waals surface area contributed by atoms with E-state index in [1.807, 2.05) is 32.0 Å². The molecule has 0 saturated carbocycles. The summed E-state index contributed by atoms with van der Waals surface area (Å²) in [5, 5.41) is 10.5. The predicted octanol–water partition coefficient (Wildman–Crippen LogP) is 5.01. The van der Waals surface area contributed by atoms with E-state index in [2.05, 4.69) is 0 Å². The van der Waals surface area contributed by atoms with Crippen LogP contribution >= 0.6 is 11.8 Å². The number of ether oxygens (including phenoxy) is 1. The third-order valence-electron chi connectivity index (χ3n) is 4.60. The van der Waals surface area contributed by atoms with E-state index in [1.54, 1.807) is 24.3 Å². The summed E-state index contributed by atoms with van der Waals surface area (Å²) in [5.74, 6) is 0.265. The smallest absolute Gasteiger partial charge is 0.293 e. The van der Waals surface area contributed by atoms with Gasteiger partial charge in [0.25, 0.3) is 16.8 Å². The van der Waals surface area contributed by atoms with E-state index in [4.69, 9.17) is 4.74 Å². The highest BCUT2D eigenvalue weighted by Crippen LogP contribution is 2.35. The number of non-ortho nitro benzene ring substituents is 1. The van der Waals surface area contributed by atoms with Crippen molar-refractivity contribution in [2.45, 2.75) is 32.9 Å². The normalized spacial score (nSPS) is 16.3. The van der Waals surface area contributed by atoms with Crippen molar-refractivity contribution < 1.29 is 19.2 Å². The second-order valence-corrected chi connectivity index (χ2v) is 7.55. The van der Waals surface area contributed by atoms with Crippen LogP contribution < -0.4 is 4.74 Å². The average molecular weight is 412 g/mol. The Morgan fingerprint density at radius 3 is 2.52 bits per heavy atom. The van der Waals surface area contributed by atoms with E-state index in [0.717, 1.165) is 17.3 Å². The molecule has 0 spiro atoms. The summed E-state index contributed by atoms with van der Waals surface area (Å²) in [5.41, 5.74) is 1.48. The zero-order valence-corrected chi connectivity index (χ0v) is 16.8. The van der Waals surface area contributed by atoms with Gasteiger partial charge in [-0.2, -0.15) is 0 Å². The van der Waals surface area contributed by atoms with Crippen LogP contribution in [0.3, 0.4) is 0 Å². The maximum Gasteiger partial charge on any atom is 0.293 e. The van der Waals surface area contributed by atoms with Crippen LogP contribution in [0, 0.1) is 10.1 Å². The molecule has 2 aromatic rings. The number of rotatable bonds is 7. The number of hydrogen-bond donors (Lipinski definition) is 0. The van der Waals surface area contributed by atoms with E-state index >= 15 is 0 Å². The van der Waals surface area contributed by atoms with Gasteiger partial charge in [0, 0.05) is 23.7 Å². The van der Waals surface area contributed by atoms with Gasteiger partial charge in [0.05, 0.1) is 9.83 Å². The molecule has 0 unspecified atom stereocenters. The lowest BCUT2D eigenvalue weighted by Crippen LogP contribution is -2.36. The number of nitrogens with zero attached hydrogens (tertiary/aromatic N) is 2. The Labute approximate surface area is 172 Å². The minimum absolute atomic E-state index is 0.0196. The minimum Gasteiger partial charge on any atom is -0.488 e. The van der Waals surface area contributed by atoms with Crippen molar-refractivity contribution in [1.29, 1.82) is 0 Å². The fourth-order valence-corrected chi connectivity index (χ4v) is 3.71. The monoisotopic (exact) mass is 412 g/mol. The quantitative estimate of drug-likeness (QED) is 0.361. The number of carbonyl (C=O) groups is 2. The lowest BCUT2D eigenvalue weighted by Gasteiger charge is -2.19. The number of imide groups is 1. The third-order valence-corrected chi connectivity index (χ3v) is 5.49. The molecule has 2 aromatic carbocycles. The van der Waals surface area contributed by atoms with Crippen molar-refractivity contribution in [3.63, 3.8) is 0 Å². The summed E-state index contributed by atoms with van der Waals surface area (Å²) in [6.45, 7) is 4.00. The molecular formula is C21H20N2O5S. The lowest BCUT2D eigenvalue weighted by atomic mass is 10.1. The summed E-state index contributed by atoms with van der Waals surface area (Å²) >= 11 is 0.927. The van der Waals surface area contributed by atoms with Crippen molar-refractivity contribution in [1.82, 2.24) is 4.90 Å². The Bertz CT molecular complexity index is 971. The molecule has 0 N–H and O–H groups in total. The zero-order chi connectivity index (χ0) is 21.0. The second kappa shape index (κ2) is 8.91. The molecule has 8 heteroatoms. The summed E-state index contributed by atoms with van der Waals surface area (Å²) < 4.78 is 5.86. The summed E-state index contributed by atoms with van der Waals surface area (Å²) in [6, 6.07) is 13.2. The van der Waals surface area contributed by atoms with Gasteiger partial charge >= 0.3 is 0 Å². The Morgan fingerprint density at radius 2 is 1.86 bits per heavy atom. The molecule has 150 valence electrons. The van der Waals surface area contributed by atoms with Gasteiger partial charge in [-0.05, 0) is 54.9 Å². The van der Waals surface area contributed by atoms with Crippen molar-refractivity contribution in [3.05, 3.63) is 74.7 Å². The topological polar surface area (TPSA) is 89.8 Å². The fraction of sp³-hybridized carbons (Fsp3) is 0.238. The van der Waals surface area contributed by atoms with Gasteiger partial charge in [-0.3, -0.25) is 24.6 Å². The van der Waals surface area contributed by atoms with Crippen molar-refractivity contribution in [2.24, 2.45) is 0 Å². The highest BCUT2D eigenvalue weighted by atomic mass is 32.2. The molecule has 1 atom stereocenters. The van der Waals surface area contributed by atoms with E-state index in [1.165, 1.54) is 17.0 Å². The first-order valence-corrected chi connectivity index (χ1v) is 9.94. The molecule has 2 amide bonds. The molecule has 0 bridgehead atoms. The summed E-state index contributed by atoms with van der Waals surface area (Å²) in [4.78, 5) is 36.8. The van der Waals surface area contributed by atoms with Crippen LogP contribution in [0.2, 0.25) is 0 Å². The van der Waals surface area contributed by atoms with Gasteiger partial charge in [0.2, 0.25) is 0 Å². The molecular weight excluding hydrogens is 392 g/mol. The number of carbonyl (C=O) groups excluding carboxylic acids is 2. The van der Waals surface area contributed by atoms with Gasteiger partial charge in [0.1, 0.15) is 12.4 Å². The van der Waals surface area contributed by atoms with Gasteiger partial charge in [0.15, 0.2) is 0 Å². The molecule has 29 heavy (non-hydrogen) atoms. The molecule has 1 aliphatic rings. The Hall–Kier alpha value is -3.13. The lowest BCUT2D eigenvalue weighted by molar-refractivity contribution is -0.384. The van der Waals surface area contributed by atoms with E-state index in [9.17, 15) is 19.7 Å². The van der Waals surface area contributed by atoms with Crippen LogP contribution in [-0.4, -0.2) is 27.0 Å². The van der Waals surface area contributed by atoms with Crippen LogP contribution in [0.15, 0.2) is 53.4 Å². The minimum atomic E-state index is -0.452. The number of nitro groups is 1. The van der Waals surface area contributed by atoms with E-state index in [-0.39, 0.29) is 29.5 Å².